The number of carbonyl (C=O) groups excluding carboxylic acids is 1. The molecule has 0 bridgehead atoms. The predicted molar refractivity (Wildman–Crippen MR) is 105 cm³/mol. The summed E-state index contributed by atoms with van der Waals surface area (Å²) in [4.78, 5) is 14.6. The molecule has 1 aromatic carbocycles. The molecule has 27 heavy (non-hydrogen) atoms. The van der Waals surface area contributed by atoms with Crippen LogP contribution in [0.2, 0.25) is 0 Å². The van der Waals surface area contributed by atoms with Gasteiger partial charge in [-0.25, -0.2) is 0 Å². The Balaban J connectivity index is 2.25. The predicted octanol–water partition coefficient (Wildman–Crippen LogP) is 3.59. The lowest BCUT2D eigenvalue weighted by Gasteiger charge is -2.37. The van der Waals surface area contributed by atoms with Crippen molar-refractivity contribution in [3.8, 4) is 17.6 Å². The summed E-state index contributed by atoms with van der Waals surface area (Å²) in [6, 6.07) is 5.93. The summed E-state index contributed by atoms with van der Waals surface area (Å²) in [5.41, 5.74) is 9.00. The van der Waals surface area contributed by atoms with Crippen LogP contribution in [0.3, 0.4) is 0 Å². The number of ether oxygens (including phenoxy) is 2. The van der Waals surface area contributed by atoms with E-state index in [1.807, 2.05) is 26.1 Å². The first kappa shape index (κ1) is 19.3. The van der Waals surface area contributed by atoms with E-state index in [2.05, 4.69) is 22.0 Å². The minimum absolute atomic E-state index is 0.0678. The van der Waals surface area contributed by atoms with Crippen molar-refractivity contribution >= 4 is 21.7 Å². The van der Waals surface area contributed by atoms with Crippen LogP contribution < -0.4 is 15.2 Å². The molecule has 1 aliphatic heterocycles. The summed E-state index contributed by atoms with van der Waals surface area (Å²) in [5, 5.41) is 9.81. The van der Waals surface area contributed by atoms with Gasteiger partial charge in [0.25, 0.3) is 0 Å². The van der Waals surface area contributed by atoms with Crippen molar-refractivity contribution in [2.75, 3.05) is 20.8 Å². The maximum atomic E-state index is 12.8. The van der Waals surface area contributed by atoms with Gasteiger partial charge in [0.1, 0.15) is 5.82 Å². The molecule has 1 atom stereocenters. The molecule has 7 heteroatoms. The van der Waals surface area contributed by atoms with Crippen molar-refractivity contribution < 1.29 is 14.3 Å². The second kappa shape index (κ2) is 7.65. The van der Waals surface area contributed by atoms with Crippen molar-refractivity contribution in [1.82, 2.24) is 4.90 Å². The van der Waals surface area contributed by atoms with Crippen molar-refractivity contribution in [3.63, 3.8) is 0 Å². The zero-order valence-electron chi connectivity index (χ0n) is 15.6. The largest absolute Gasteiger partial charge is 0.492 e. The molecular weight excluding hydrogens is 410 g/mol. The second-order valence-corrected chi connectivity index (χ2v) is 7.36. The standard InChI is InChI=1S/C20H22BrN3O3/c1-4-27-16-9-11(8-13(21)19(16)26-3)17-12(10-22)20(23)24(2)14-6-5-7-15(25)18(14)17/h8-9,17H,4-7,23H2,1-3H3/t17-/m0/s1. The van der Waals surface area contributed by atoms with E-state index in [0.717, 1.165) is 24.1 Å². The Morgan fingerprint density at radius 2 is 2.15 bits per heavy atom. The van der Waals surface area contributed by atoms with Crippen molar-refractivity contribution in [1.29, 1.82) is 5.26 Å². The van der Waals surface area contributed by atoms with Crippen LogP contribution in [0.5, 0.6) is 11.5 Å². The van der Waals surface area contributed by atoms with Gasteiger partial charge in [-0.15, -0.1) is 0 Å². The van der Waals surface area contributed by atoms with Crippen LogP contribution in [0.1, 0.15) is 37.7 Å². The highest BCUT2D eigenvalue weighted by atomic mass is 79.9. The number of benzene rings is 1. The molecule has 0 amide bonds. The third-order valence-electron chi connectivity index (χ3n) is 5.04. The summed E-state index contributed by atoms with van der Waals surface area (Å²) in [5.74, 6) is 1.09. The zero-order valence-corrected chi connectivity index (χ0v) is 17.2. The van der Waals surface area contributed by atoms with E-state index in [4.69, 9.17) is 15.2 Å². The van der Waals surface area contributed by atoms with Crippen LogP contribution in [0.25, 0.3) is 0 Å². The number of halogens is 1. The van der Waals surface area contributed by atoms with Gasteiger partial charge in [0.05, 0.1) is 35.7 Å². The molecule has 0 saturated heterocycles. The number of methoxy groups -OCH3 is 1. The highest BCUT2D eigenvalue weighted by Crippen LogP contribution is 2.47. The van der Waals surface area contributed by atoms with Gasteiger partial charge >= 0.3 is 0 Å². The van der Waals surface area contributed by atoms with Gasteiger partial charge in [0.15, 0.2) is 17.3 Å². The minimum atomic E-state index is -0.504. The molecule has 1 heterocycles. The number of carbonyl (C=O) groups is 1. The highest BCUT2D eigenvalue weighted by molar-refractivity contribution is 9.10. The molecule has 3 rings (SSSR count). The van der Waals surface area contributed by atoms with Crippen LogP contribution in [-0.4, -0.2) is 31.4 Å². The third kappa shape index (κ3) is 3.19. The normalized spacial score (nSPS) is 19.7. The lowest BCUT2D eigenvalue weighted by atomic mass is 9.76. The number of allylic oxidation sites excluding steroid dienone is 3. The van der Waals surface area contributed by atoms with E-state index in [9.17, 15) is 10.1 Å². The number of ketones is 1. The van der Waals surface area contributed by atoms with E-state index in [0.29, 0.717) is 46.0 Å². The first-order valence-corrected chi connectivity index (χ1v) is 9.63. The molecule has 0 spiro atoms. The molecule has 0 saturated carbocycles. The number of nitriles is 1. The monoisotopic (exact) mass is 431 g/mol. The Morgan fingerprint density at radius 1 is 1.41 bits per heavy atom. The zero-order chi connectivity index (χ0) is 19.7. The molecule has 2 aliphatic rings. The Bertz CT molecular complexity index is 898. The third-order valence-corrected chi connectivity index (χ3v) is 5.63. The quantitative estimate of drug-likeness (QED) is 0.783. The number of nitrogens with zero attached hydrogens (tertiary/aromatic N) is 2. The van der Waals surface area contributed by atoms with E-state index in [-0.39, 0.29) is 5.78 Å². The molecule has 1 aliphatic carbocycles. The Labute approximate surface area is 167 Å². The van der Waals surface area contributed by atoms with Gasteiger partial charge < -0.3 is 20.1 Å². The van der Waals surface area contributed by atoms with E-state index in [1.54, 1.807) is 12.0 Å². The average molecular weight is 432 g/mol. The van der Waals surface area contributed by atoms with E-state index in [1.165, 1.54) is 0 Å². The highest BCUT2D eigenvalue weighted by Gasteiger charge is 2.39. The topological polar surface area (TPSA) is 88.6 Å². The fourth-order valence-corrected chi connectivity index (χ4v) is 4.43. The van der Waals surface area contributed by atoms with Gasteiger partial charge in [-0.3, -0.25) is 4.79 Å². The molecule has 2 N–H and O–H groups in total. The van der Waals surface area contributed by atoms with E-state index >= 15 is 0 Å². The average Bonchev–Trinajstić information content (AvgIpc) is 2.64. The molecule has 142 valence electrons. The fraction of sp³-hybridized carbons (Fsp3) is 0.400. The van der Waals surface area contributed by atoms with Gasteiger partial charge in [-0.1, -0.05) is 0 Å². The second-order valence-electron chi connectivity index (χ2n) is 6.51. The van der Waals surface area contributed by atoms with Crippen LogP contribution >= 0.6 is 15.9 Å². The number of Topliss-reactive ketones (excluding diaryl/α,β-unsaturated/α-hetero) is 1. The number of rotatable bonds is 4. The molecule has 0 fully saturated rings. The van der Waals surface area contributed by atoms with Crippen LogP contribution in [-0.2, 0) is 4.79 Å². The van der Waals surface area contributed by atoms with Gasteiger partial charge in [0, 0.05) is 24.7 Å². The van der Waals surface area contributed by atoms with Crippen molar-refractivity contribution in [3.05, 3.63) is 44.8 Å². The minimum Gasteiger partial charge on any atom is -0.492 e. The molecule has 1 aromatic rings. The summed E-state index contributed by atoms with van der Waals surface area (Å²) < 4.78 is 11.9. The summed E-state index contributed by atoms with van der Waals surface area (Å²) in [6.07, 6.45) is 2.04. The van der Waals surface area contributed by atoms with Gasteiger partial charge in [0.2, 0.25) is 0 Å². The van der Waals surface area contributed by atoms with Gasteiger partial charge in [-0.05, 0) is 53.4 Å². The van der Waals surface area contributed by atoms with Crippen LogP contribution in [0.15, 0.2) is 39.3 Å². The number of nitrogens with two attached hydrogens (primary N) is 1. The fourth-order valence-electron chi connectivity index (χ4n) is 3.81. The molecule has 0 unspecified atom stereocenters. The molecule has 0 aromatic heterocycles. The van der Waals surface area contributed by atoms with Crippen LogP contribution in [0.4, 0.5) is 0 Å². The Hall–Kier alpha value is -2.46. The van der Waals surface area contributed by atoms with Crippen molar-refractivity contribution in [2.24, 2.45) is 5.73 Å². The van der Waals surface area contributed by atoms with Gasteiger partial charge in [-0.2, -0.15) is 5.26 Å². The summed E-state index contributed by atoms with van der Waals surface area (Å²) >= 11 is 3.52. The summed E-state index contributed by atoms with van der Waals surface area (Å²) in [6.45, 7) is 2.36. The van der Waals surface area contributed by atoms with Crippen LogP contribution in [0, 0.1) is 11.3 Å². The Kier molecular flexibility index (Phi) is 5.47. The maximum Gasteiger partial charge on any atom is 0.174 e. The smallest absolute Gasteiger partial charge is 0.174 e. The molecule has 6 nitrogen and oxygen atoms in total. The number of hydrogen-bond donors (Lipinski definition) is 1. The van der Waals surface area contributed by atoms with E-state index < -0.39 is 5.92 Å². The SMILES string of the molecule is CCOc1cc([C@H]2C(C#N)=C(N)N(C)C3=C2C(=O)CCC3)cc(Br)c1OC. The number of hydrogen-bond acceptors (Lipinski definition) is 6. The lowest BCUT2D eigenvalue weighted by Crippen LogP contribution is -2.36. The summed E-state index contributed by atoms with van der Waals surface area (Å²) in [7, 11) is 3.38. The first-order valence-electron chi connectivity index (χ1n) is 8.84. The maximum absolute atomic E-state index is 12.8. The first-order chi connectivity index (χ1) is 12.9. The molecule has 0 radical (unpaired) electrons. The van der Waals surface area contributed by atoms with Crippen molar-refractivity contribution in [2.45, 2.75) is 32.1 Å². The molecular formula is C20H22BrN3O3. The lowest BCUT2D eigenvalue weighted by molar-refractivity contribution is -0.116. The Morgan fingerprint density at radius 3 is 2.78 bits per heavy atom.